The molecule has 0 spiro atoms. The standard InChI is InChI=1S/C28H20O4/c29-25(19-7-3-1-4-8-19)17-27(31)23-13-11-22-16-24(14-12-21(22)15-23)28(32)18-26(30)20-9-5-2-6-10-20/h1-16H,17-18H2. The molecule has 0 heterocycles. The van der Waals surface area contributed by atoms with Crippen molar-refractivity contribution in [2.24, 2.45) is 0 Å². The number of hydrogen-bond donors (Lipinski definition) is 0. The Labute approximate surface area is 185 Å². The monoisotopic (exact) mass is 420 g/mol. The van der Waals surface area contributed by atoms with E-state index in [4.69, 9.17) is 0 Å². The van der Waals surface area contributed by atoms with Crippen LogP contribution in [-0.2, 0) is 0 Å². The van der Waals surface area contributed by atoms with E-state index in [1.54, 1.807) is 84.9 Å². The molecule has 4 aromatic rings. The summed E-state index contributed by atoms with van der Waals surface area (Å²) in [5.74, 6) is -0.955. The Hall–Kier alpha value is -4.18. The molecule has 4 aromatic carbocycles. The van der Waals surface area contributed by atoms with Gasteiger partial charge in [-0.15, -0.1) is 0 Å². The summed E-state index contributed by atoms with van der Waals surface area (Å²) in [6.45, 7) is 0. The molecule has 4 nitrogen and oxygen atoms in total. The van der Waals surface area contributed by atoms with Gasteiger partial charge in [0.1, 0.15) is 0 Å². The van der Waals surface area contributed by atoms with E-state index in [0.29, 0.717) is 22.3 Å². The summed E-state index contributed by atoms with van der Waals surface area (Å²) < 4.78 is 0. The molecule has 156 valence electrons. The van der Waals surface area contributed by atoms with Gasteiger partial charge in [0.25, 0.3) is 0 Å². The van der Waals surface area contributed by atoms with Crippen LogP contribution in [0.4, 0.5) is 0 Å². The van der Waals surface area contributed by atoms with Gasteiger partial charge < -0.3 is 0 Å². The van der Waals surface area contributed by atoms with E-state index in [1.807, 2.05) is 12.1 Å². The Bertz CT molecular complexity index is 1220. The van der Waals surface area contributed by atoms with Crippen LogP contribution in [0, 0.1) is 0 Å². The maximum atomic E-state index is 12.6. The lowest BCUT2D eigenvalue weighted by Gasteiger charge is -2.06. The highest BCUT2D eigenvalue weighted by Crippen LogP contribution is 2.21. The maximum absolute atomic E-state index is 12.6. The second-order valence-electron chi connectivity index (χ2n) is 7.56. The van der Waals surface area contributed by atoms with Crippen molar-refractivity contribution < 1.29 is 19.2 Å². The van der Waals surface area contributed by atoms with Crippen molar-refractivity contribution in [3.05, 3.63) is 119 Å². The molecule has 0 atom stereocenters. The number of ketones is 4. The zero-order valence-electron chi connectivity index (χ0n) is 17.3. The lowest BCUT2D eigenvalue weighted by atomic mass is 9.96. The Balaban J connectivity index is 1.48. The molecule has 0 aliphatic rings. The Morgan fingerprint density at radius 1 is 0.406 bits per heavy atom. The first kappa shape index (κ1) is 21.1. The van der Waals surface area contributed by atoms with Crippen molar-refractivity contribution in [1.29, 1.82) is 0 Å². The highest BCUT2D eigenvalue weighted by molar-refractivity contribution is 6.15. The number of rotatable bonds is 8. The molecule has 0 aromatic heterocycles. The minimum atomic E-state index is -0.255. The lowest BCUT2D eigenvalue weighted by Crippen LogP contribution is -2.09. The van der Waals surface area contributed by atoms with Crippen LogP contribution in [0.1, 0.15) is 54.3 Å². The molecule has 0 aliphatic carbocycles. The maximum Gasteiger partial charge on any atom is 0.170 e. The summed E-state index contributed by atoms with van der Waals surface area (Å²) in [4.78, 5) is 49.8. The van der Waals surface area contributed by atoms with E-state index in [-0.39, 0.29) is 36.0 Å². The molecular weight excluding hydrogens is 400 g/mol. The average Bonchev–Trinajstić information content (AvgIpc) is 2.84. The molecule has 0 saturated carbocycles. The lowest BCUT2D eigenvalue weighted by molar-refractivity contribution is 0.0878. The SMILES string of the molecule is O=C(CC(=O)c1ccc2cc(C(=O)CC(=O)c3ccccc3)ccc2c1)c1ccccc1. The third kappa shape index (κ3) is 4.76. The Kier molecular flexibility index (Phi) is 6.13. The smallest absolute Gasteiger partial charge is 0.170 e. The minimum absolute atomic E-state index is 0.201. The van der Waals surface area contributed by atoms with Crippen molar-refractivity contribution >= 4 is 33.9 Å². The van der Waals surface area contributed by atoms with Gasteiger partial charge in [0.05, 0.1) is 12.8 Å². The van der Waals surface area contributed by atoms with E-state index in [1.165, 1.54) is 0 Å². The van der Waals surface area contributed by atoms with Crippen molar-refractivity contribution in [1.82, 2.24) is 0 Å². The summed E-state index contributed by atoms with van der Waals surface area (Å²) >= 11 is 0. The summed E-state index contributed by atoms with van der Waals surface area (Å²) in [6.07, 6.45) is -0.401. The first-order chi connectivity index (χ1) is 15.5. The van der Waals surface area contributed by atoms with Gasteiger partial charge in [0.15, 0.2) is 23.1 Å². The Morgan fingerprint density at radius 2 is 0.750 bits per heavy atom. The van der Waals surface area contributed by atoms with E-state index < -0.39 is 0 Å². The predicted molar refractivity (Wildman–Crippen MR) is 123 cm³/mol. The number of benzene rings is 4. The fraction of sp³-hybridized carbons (Fsp3) is 0.0714. The van der Waals surface area contributed by atoms with Crippen LogP contribution in [0.2, 0.25) is 0 Å². The van der Waals surface area contributed by atoms with Crippen LogP contribution in [0.3, 0.4) is 0 Å². The summed E-state index contributed by atoms with van der Waals surface area (Å²) in [7, 11) is 0. The summed E-state index contributed by atoms with van der Waals surface area (Å²) in [6, 6.07) is 27.7. The van der Waals surface area contributed by atoms with Gasteiger partial charge in [-0.2, -0.15) is 0 Å². The summed E-state index contributed by atoms with van der Waals surface area (Å²) in [5.41, 5.74) is 1.91. The molecule has 0 amide bonds. The second-order valence-corrected chi connectivity index (χ2v) is 7.56. The first-order valence-electron chi connectivity index (χ1n) is 10.3. The van der Waals surface area contributed by atoms with Crippen LogP contribution in [-0.4, -0.2) is 23.1 Å². The molecule has 4 heteroatoms. The minimum Gasteiger partial charge on any atom is -0.294 e. The van der Waals surface area contributed by atoms with Gasteiger partial charge in [0, 0.05) is 22.3 Å². The van der Waals surface area contributed by atoms with Crippen LogP contribution in [0.5, 0.6) is 0 Å². The van der Waals surface area contributed by atoms with Crippen molar-refractivity contribution in [2.75, 3.05) is 0 Å². The average molecular weight is 420 g/mol. The predicted octanol–water partition coefficient (Wildman–Crippen LogP) is 5.75. The van der Waals surface area contributed by atoms with Gasteiger partial charge in [-0.1, -0.05) is 84.9 Å². The van der Waals surface area contributed by atoms with Gasteiger partial charge in [0.2, 0.25) is 0 Å². The van der Waals surface area contributed by atoms with Crippen LogP contribution in [0.15, 0.2) is 97.1 Å². The summed E-state index contributed by atoms with van der Waals surface area (Å²) in [5, 5.41) is 1.57. The third-order valence-electron chi connectivity index (χ3n) is 5.32. The van der Waals surface area contributed by atoms with Crippen molar-refractivity contribution in [3.8, 4) is 0 Å². The highest BCUT2D eigenvalue weighted by Gasteiger charge is 2.16. The van der Waals surface area contributed by atoms with Crippen LogP contribution in [0.25, 0.3) is 10.8 Å². The van der Waals surface area contributed by atoms with Crippen LogP contribution >= 0.6 is 0 Å². The molecule has 4 rings (SSSR count). The highest BCUT2D eigenvalue weighted by atomic mass is 16.2. The van der Waals surface area contributed by atoms with Crippen molar-refractivity contribution in [3.63, 3.8) is 0 Å². The molecule has 0 fully saturated rings. The zero-order valence-corrected chi connectivity index (χ0v) is 17.3. The molecule has 0 radical (unpaired) electrons. The van der Waals surface area contributed by atoms with Gasteiger partial charge in [-0.3, -0.25) is 19.2 Å². The largest absolute Gasteiger partial charge is 0.294 e. The number of fused-ring (bicyclic) bond motifs is 1. The molecule has 0 unspecified atom stereocenters. The van der Waals surface area contributed by atoms with E-state index in [0.717, 1.165) is 10.8 Å². The second kappa shape index (κ2) is 9.31. The number of hydrogen-bond acceptors (Lipinski definition) is 4. The quantitative estimate of drug-likeness (QED) is 0.269. The number of carbonyl (C=O) groups is 4. The normalized spacial score (nSPS) is 10.6. The van der Waals surface area contributed by atoms with E-state index >= 15 is 0 Å². The van der Waals surface area contributed by atoms with Gasteiger partial charge in [-0.25, -0.2) is 0 Å². The topological polar surface area (TPSA) is 68.3 Å². The molecule has 0 aliphatic heterocycles. The first-order valence-corrected chi connectivity index (χ1v) is 10.3. The molecular formula is C28H20O4. The van der Waals surface area contributed by atoms with Gasteiger partial charge >= 0.3 is 0 Å². The Morgan fingerprint density at radius 3 is 1.12 bits per heavy atom. The van der Waals surface area contributed by atoms with E-state index in [2.05, 4.69) is 0 Å². The molecule has 0 N–H and O–H groups in total. The fourth-order valence-electron chi connectivity index (χ4n) is 3.54. The fourth-order valence-corrected chi connectivity index (χ4v) is 3.54. The van der Waals surface area contributed by atoms with Crippen LogP contribution < -0.4 is 0 Å². The third-order valence-corrected chi connectivity index (χ3v) is 5.32. The molecule has 32 heavy (non-hydrogen) atoms. The zero-order chi connectivity index (χ0) is 22.5. The van der Waals surface area contributed by atoms with Crippen molar-refractivity contribution in [2.45, 2.75) is 12.8 Å². The van der Waals surface area contributed by atoms with E-state index in [9.17, 15) is 19.2 Å². The molecule has 0 bridgehead atoms. The number of carbonyl (C=O) groups excluding carboxylic acids is 4. The number of Topliss-reactive ketones (excluding diaryl/α,β-unsaturated/α-hetero) is 4. The van der Waals surface area contributed by atoms with Gasteiger partial charge in [-0.05, 0) is 22.9 Å². The molecule has 0 saturated heterocycles.